The normalized spacial score (nSPS) is 10.8. The van der Waals surface area contributed by atoms with E-state index in [-0.39, 0.29) is 12.4 Å². The van der Waals surface area contributed by atoms with E-state index in [1.54, 1.807) is 30.3 Å². The first-order chi connectivity index (χ1) is 13.1. The van der Waals surface area contributed by atoms with Gasteiger partial charge in [0.05, 0.1) is 5.69 Å². The molecule has 0 atom stereocenters. The highest BCUT2D eigenvalue weighted by Crippen LogP contribution is 2.15. The number of aromatic nitrogens is 1. The molecule has 136 valence electrons. The summed E-state index contributed by atoms with van der Waals surface area (Å²) in [5.74, 6) is -0.530. The van der Waals surface area contributed by atoms with Crippen LogP contribution in [0.3, 0.4) is 0 Å². The van der Waals surface area contributed by atoms with Crippen molar-refractivity contribution in [3.05, 3.63) is 95.8 Å². The van der Waals surface area contributed by atoms with E-state index in [0.717, 1.165) is 5.56 Å². The predicted octanol–water partition coefficient (Wildman–Crippen LogP) is 3.90. The van der Waals surface area contributed by atoms with E-state index in [1.165, 1.54) is 0 Å². The van der Waals surface area contributed by atoms with Gasteiger partial charge < -0.3 is 14.4 Å². The molecule has 0 saturated heterocycles. The van der Waals surface area contributed by atoms with Crippen LogP contribution in [0.1, 0.15) is 21.6 Å². The fourth-order valence-electron chi connectivity index (χ4n) is 2.67. The van der Waals surface area contributed by atoms with E-state index < -0.39 is 5.97 Å². The van der Waals surface area contributed by atoms with Gasteiger partial charge in [0.1, 0.15) is 5.75 Å². The molecule has 3 aromatic rings. The lowest BCUT2D eigenvalue weighted by Crippen LogP contribution is -2.09. The molecule has 0 unspecified atom stereocenters. The van der Waals surface area contributed by atoms with E-state index in [1.807, 2.05) is 59.3 Å². The molecule has 1 heterocycles. The number of carboxylic acid groups (broad SMARTS) is 1. The van der Waals surface area contributed by atoms with Crippen molar-refractivity contribution >= 4 is 17.8 Å². The Bertz CT molecular complexity index is 957. The van der Waals surface area contributed by atoms with Crippen LogP contribution >= 0.6 is 0 Å². The SMILES string of the molecule is O=C(O)COc1cccc(C=CCn2cccc2C(=O)c2ccccc2)c1. The van der Waals surface area contributed by atoms with Crippen molar-refractivity contribution in [3.63, 3.8) is 0 Å². The molecule has 1 aromatic heterocycles. The molecular formula is C22H19NO4. The highest BCUT2D eigenvalue weighted by atomic mass is 16.5. The number of carbonyl (C=O) groups excluding carboxylic acids is 1. The van der Waals surface area contributed by atoms with Gasteiger partial charge in [-0.2, -0.15) is 0 Å². The van der Waals surface area contributed by atoms with Crippen LogP contribution < -0.4 is 4.74 Å². The third kappa shape index (κ3) is 4.95. The Morgan fingerprint density at radius 3 is 2.59 bits per heavy atom. The van der Waals surface area contributed by atoms with Crippen LogP contribution in [0.5, 0.6) is 5.75 Å². The van der Waals surface area contributed by atoms with Crippen molar-refractivity contribution in [1.82, 2.24) is 4.57 Å². The van der Waals surface area contributed by atoms with Crippen molar-refractivity contribution in [3.8, 4) is 5.75 Å². The maximum atomic E-state index is 12.6. The largest absolute Gasteiger partial charge is 0.482 e. The van der Waals surface area contributed by atoms with Gasteiger partial charge in [-0.15, -0.1) is 0 Å². The fraction of sp³-hybridized carbons (Fsp3) is 0.0909. The van der Waals surface area contributed by atoms with Crippen LogP contribution in [0.4, 0.5) is 0 Å². The minimum atomic E-state index is -1.01. The monoisotopic (exact) mass is 361 g/mol. The highest BCUT2D eigenvalue weighted by molar-refractivity contribution is 6.07. The molecule has 0 bridgehead atoms. The second kappa shape index (κ2) is 8.67. The Kier molecular flexibility index (Phi) is 5.84. The van der Waals surface area contributed by atoms with Gasteiger partial charge in [0.2, 0.25) is 5.78 Å². The van der Waals surface area contributed by atoms with Crippen LogP contribution in [-0.2, 0) is 11.3 Å². The van der Waals surface area contributed by atoms with Crippen LogP contribution in [0.2, 0.25) is 0 Å². The number of hydrogen-bond donors (Lipinski definition) is 1. The average Bonchev–Trinajstić information content (AvgIpc) is 3.15. The van der Waals surface area contributed by atoms with E-state index >= 15 is 0 Å². The van der Waals surface area contributed by atoms with Gasteiger partial charge in [0.15, 0.2) is 6.61 Å². The summed E-state index contributed by atoms with van der Waals surface area (Å²) in [5, 5.41) is 8.68. The van der Waals surface area contributed by atoms with Crippen LogP contribution in [0.25, 0.3) is 6.08 Å². The number of benzene rings is 2. The summed E-state index contributed by atoms with van der Waals surface area (Å²) in [5.41, 5.74) is 2.18. The zero-order valence-corrected chi connectivity index (χ0v) is 14.6. The summed E-state index contributed by atoms with van der Waals surface area (Å²) >= 11 is 0. The standard InChI is InChI=1S/C22H19NO4/c24-21(25)16-27-19-11-4-7-17(15-19)8-5-13-23-14-6-12-20(23)22(26)18-9-2-1-3-10-18/h1-12,14-15H,13,16H2,(H,24,25). The number of ketones is 1. The number of allylic oxidation sites excluding steroid dienone is 1. The second-order valence-electron chi connectivity index (χ2n) is 5.90. The molecule has 0 fully saturated rings. The van der Waals surface area contributed by atoms with Gasteiger partial charge in [-0.25, -0.2) is 4.79 Å². The molecule has 1 N–H and O–H groups in total. The van der Waals surface area contributed by atoms with Gasteiger partial charge in [0.25, 0.3) is 0 Å². The molecule has 0 spiro atoms. The first kappa shape index (κ1) is 18.2. The first-order valence-electron chi connectivity index (χ1n) is 8.49. The number of carbonyl (C=O) groups is 2. The molecule has 0 aliphatic heterocycles. The number of hydrogen-bond acceptors (Lipinski definition) is 3. The van der Waals surface area contributed by atoms with Crippen LogP contribution in [-0.4, -0.2) is 28.0 Å². The summed E-state index contributed by atoms with van der Waals surface area (Å²) in [4.78, 5) is 23.2. The first-order valence-corrected chi connectivity index (χ1v) is 8.49. The molecule has 0 saturated carbocycles. The maximum Gasteiger partial charge on any atom is 0.341 e. The van der Waals surface area contributed by atoms with E-state index in [9.17, 15) is 9.59 Å². The zero-order valence-electron chi connectivity index (χ0n) is 14.6. The lowest BCUT2D eigenvalue weighted by Gasteiger charge is -2.06. The van der Waals surface area contributed by atoms with E-state index in [0.29, 0.717) is 23.6 Å². The van der Waals surface area contributed by atoms with Crippen molar-refractivity contribution in [2.45, 2.75) is 6.54 Å². The molecule has 5 heteroatoms. The topological polar surface area (TPSA) is 68.5 Å². The minimum Gasteiger partial charge on any atom is -0.482 e. The Hall–Kier alpha value is -3.60. The number of nitrogens with zero attached hydrogens (tertiary/aromatic N) is 1. The van der Waals surface area contributed by atoms with Crippen molar-refractivity contribution in [1.29, 1.82) is 0 Å². The van der Waals surface area contributed by atoms with Gasteiger partial charge in [-0.05, 0) is 29.8 Å². The Morgan fingerprint density at radius 2 is 1.81 bits per heavy atom. The number of carboxylic acids is 1. The molecule has 27 heavy (non-hydrogen) atoms. The number of rotatable bonds is 8. The van der Waals surface area contributed by atoms with E-state index in [4.69, 9.17) is 9.84 Å². The van der Waals surface area contributed by atoms with Gasteiger partial charge in [-0.1, -0.05) is 54.6 Å². The molecular weight excluding hydrogens is 342 g/mol. The van der Waals surface area contributed by atoms with Crippen LogP contribution in [0, 0.1) is 0 Å². The summed E-state index contributed by atoms with van der Waals surface area (Å²) in [6.45, 7) is 0.169. The Morgan fingerprint density at radius 1 is 1.00 bits per heavy atom. The van der Waals surface area contributed by atoms with Gasteiger partial charge in [0, 0.05) is 18.3 Å². The van der Waals surface area contributed by atoms with Crippen LogP contribution in [0.15, 0.2) is 79.0 Å². The smallest absolute Gasteiger partial charge is 0.341 e. The molecule has 0 aliphatic rings. The number of ether oxygens (including phenoxy) is 1. The zero-order chi connectivity index (χ0) is 19.1. The summed E-state index contributed by atoms with van der Waals surface area (Å²) < 4.78 is 7.06. The van der Waals surface area contributed by atoms with Gasteiger partial charge in [-0.3, -0.25) is 4.79 Å². The third-order valence-corrected chi connectivity index (χ3v) is 3.93. The highest BCUT2D eigenvalue weighted by Gasteiger charge is 2.12. The number of aliphatic carboxylic acids is 1. The van der Waals surface area contributed by atoms with Crippen molar-refractivity contribution < 1.29 is 19.4 Å². The summed E-state index contributed by atoms with van der Waals surface area (Å²) in [6.07, 6.45) is 5.72. The van der Waals surface area contributed by atoms with E-state index in [2.05, 4.69) is 0 Å². The molecule has 0 aliphatic carbocycles. The minimum absolute atomic E-state index is 0.0157. The molecule has 2 aromatic carbocycles. The second-order valence-corrected chi connectivity index (χ2v) is 5.90. The quantitative estimate of drug-likeness (QED) is 0.618. The maximum absolute atomic E-state index is 12.6. The Balaban J connectivity index is 1.68. The van der Waals surface area contributed by atoms with Crippen molar-refractivity contribution in [2.24, 2.45) is 0 Å². The average molecular weight is 361 g/mol. The Labute approximate surface area is 157 Å². The molecule has 5 nitrogen and oxygen atoms in total. The lowest BCUT2D eigenvalue weighted by molar-refractivity contribution is -0.139. The fourth-order valence-corrected chi connectivity index (χ4v) is 2.67. The summed E-state index contributed by atoms with van der Waals surface area (Å²) in [6, 6.07) is 20.0. The third-order valence-electron chi connectivity index (χ3n) is 3.93. The molecule has 3 rings (SSSR count). The predicted molar refractivity (Wildman–Crippen MR) is 103 cm³/mol. The molecule has 0 amide bonds. The molecule has 0 radical (unpaired) electrons. The van der Waals surface area contributed by atoms with Crippen molar-refractivity contribution in [2.75, 3.05) is 6.61 Å². The lowest BCUT2D eigenvalue weighted by atomic mass is 10.1. The summed E-state index contributed by atoms with van der Waals surface area (Å²) in [7, 11) is 0. The van der Waals surface area contributed by atoms with Gasteiger partial charge >= 0.3 is 5.97 Å².